The molecule has 1 amide bonds. The molecule has 0 saturated heterocycles. The highest BCUT2D eigenvalue weighted by molar-refractivity contribution is 5.95. The Morgan fingerprint density at radius 2 is 1.82 bits per heavy atom. The number of halogens is 3. The second kappa shape index (κ2) is 8.33. The number of nitrogens with one attached hydrogen (secondary N) is 1. The Kier molecular flexibility index (Phi) is 5.87. The monoisotopic (exact) mass is 393 g/mol. The fraction of sp³-hybridized carbons (Fsp3) is 0.300. The summed E-state index contributed by atoms with van der Waals surface area (Å²) in [6.07, 6.45) is 1.80. The first kappa shape index (κ1) is 19.7. The van der Waals surface area contributed by atoms with Crippen LogP contribution in [0.4, 0.5) is 18.9 Å². The summed E-state index contributed by atoms with van der Waals surface area (Å²) < 4.78 is 50.0. The molecular weight excluding hydrogens is 375 g/mol. The quantitative estimate of drug-likeness (QED) is 0.602. The number of carbonyl (C=O) groups excluding carboxylic acids is 2. The molecule has 148 valence electrons. The Balaban J connectivity index is 1.51. The molecule has 28 heavy (non-hydrogen) atoms. The normalized spacial score (nSPS) is 13.6. The van der Waals surface area contributed by atoms with Gasteiger partial charge >= 0.3 is 5.97 Å². The van der Waals surface area contributed by atoms with Gasteiger partial charge in [-0.1, -0.05) is 6.07 Å². The van der Waals surface area contributed by atoms with Gasteiger partial charge in [-0.3, -0.25) is 4.79 Å². The van der Waals surface area contributed by atoms with Gasteiger partial charge in [0.1, 0.15) is 5.75 Å². The number of anilines is 1. The summed E-state index contributed by atoms with van der Waals surface area (Å²) >= 11 is 0. The van der Waals surface area contributed by atoms with E-state index in [9.17, 15) is 22.8 Å². The number of ether oxygens (including phenoxy) is 2. The SMILES string of the molecule is C[C@@H](OC(=O)COc1ccc2c(c1)CCC2)C(=O)Nc1ccc(F)c(F)c1F. The second-order valence-corrected chi connectivity index (χ2v) is 6.42. The predicted octanol–water partition coefficient (Wildman–Crippen LogP) is 3.54. The molecule has 1 N–H and O–H groups in total. The fourth-order valence-electron chi connectivity index (χ4n) is 2.92. The molecule has 1 aliphatic rings. The summed E-state index contributed by atoms with van der Waals surface area (Å²) in [5.74, 6) is -5.78. The first-order valence-electron chi connectivity index (χ1n) is 8.73. The number of aryl methyl sites for hydroxylation is 2. The standard InChI is InChI=1S/C20H18F3NO4/c1-11(20(26)24-16-8-7-15(21)18(22)19(16)23)28-17(25)10-27-14-6-5-12-3-2-4-13(12)9-14/h5-9,11H,2-4,10H2,1H3,(H,24,26)/t11-/m1/s1. The van der Waals surface area contributed by atoms with Crippen molar-refractivity contribution in [1.82, 2.24) is 0 Å². The van der Waals surface area contributed by atoms with Crippen LogP contribution < -0.4 is 10.1 Å². The van der Waals surface area contributed by atoms with E-state index in [1.165, 1.54) is 18.1 Å². The molecule has 0 aliphatic heterocycles. The molecule has 2 aromatic carbocycles. The van der Waals surface area contributed by atoms with Crippen LogP contribution in [0.25, 0.3) is 0 Å². The van der Waals surface area contributed by atoms with Crippen molar-refractivity contribution in [3.05, 3.63) is 58.9 Å². The lowest BCUT2D eigenvalue weighted by molar-refractivity contribution is -0.155. The maximum absolute atomic E-state index is 13.6. The minimum Gasteiger partial charge on any atom is -0.482 e. The van der Waals surface area contributed by atoms with Crippen LogP contribution in [-0.4, -0.2) is 24.6 Å². The van der Waals surface area contributed by atoms with Gasteiger partial charge in [0.25, 0.3) is 5.91 Å². The van der Waals surface area contributed by atoms with Crippen LogP contribution in [0.1, 0.15) is 24.5 Å². The summed E-state index contributed by atoms with van der Waals surface area (Å²) in [6.45, 7) is 0.857. The Morgan fingerprint density at radius 1 is 1.07 bits per heavy atom. The van der Waals surface area contributed by atoms with Crippen LogP contribution in [-0.2, 0) is 27.2 Å². The topological polar surface area (TPSA) is 64.6 Å². The maximum Gasteiger partial charge on any atom is 0.344 e. The summed E-state index contributed by atoms with van der Waals surface area (Å²) in [4.78, 5) is 23.9. The molecule has 1 aliphatic carbocycles. The number of benzene rings is 2. The maximum atomic E-state index is 13.6. The van der Waals surface area contributed by atoms with Gasteiger partial charge in [-0.2, -0.15) is 0 Å². The average Bonchev–Trinajstić information content (AvgIpc) is 3.14. The van der Waals surface area contributed by atoms with Gasteiger partial charge in [0, 0.05) is 0 Å². The predicted molar refractivity (Wildman–Crippen MR) is 94.5 cm³/mol. The number of esters is 1. The van der Waals surface area contributed by atoms with Crippen molar-refractivity contribution in [1.29, 1.82) is 0 Å². The molecule has 5 nitrogen and oxygen atoms in total. The second-order valence-electron chi connectivity index (χ2n) is 6.42. The molecule has 0 bridgehead atoms. The van der Waals surface area contributed by atoms with Gasteiger partial charge < -0.3 is 14.8 Å². The molecule has 0 unspecified atom stereocenters. The van der Waals surface area contributed by atoms with E-state index >= 15 is 0 Å². The molecule has 1 atom stereocenters. The Hall–Kier alpha value is -3.03. The minimum atomic E-state index is -1.70. The van der Waals surface area contributed by atoms with E-state index in [4.69, 9.17) is 9.47 Å². The first-order chi connectivity index (χ1) is 13.3. The van der Waals surface area contributed by atoms with E-state index in [-0.39, 0.29) is 0 Å². The molecule has 0 saturated carbocycles. The summed E-state index contributed by atoms with van der Waals surface area (Å²) in [7, 11) is 0. The molecule has 0 radical (unpaired) electrons. The lowest BCUT2D eigenvalue weighted by Gasteiger charge is -2.14. The molecular formula is C20H18F3NO4. The van der Waals surface area contributed by atoms with Crippen molar-refractivity contribution in [2.75, 3.05) is 11.9 Å². The molecule has 0 heterocycles. The third-order valence-electron chi connectivity index (χ3n) is 4.40. The van der Waals surface area contributed by atoms with Gasteiger partial charge in [0.15, 0.2) is 30.2 Å². The minimum absolute atomic E-state index is 0.407. The molecule has 0 aromatic heterocycles. The number of fused-ring (bicyclic) bond motifs is 1. The van der Waals surface area contributed by atoms with Crippen molar-refractivity contribution in [2.45, 2.75) is 32.3 Å². The molecule has 3 rings (SSSR count). The van der Waals surface area contributed by atoms with Crippen molar-refractivity contribution in [3.8, 4) is 5.75 Å². The summed E-state index contributed by atoms with van der Waals surface area (Å²) in [5, 5.41) is 2.05. The Labute approximate surface area is 159 Å². The van der Waals surface area contributed by atoms with E-state index in [2.05, 4.69) is 0 Å². The lowest BCUT2D eigenvalue weighted by atomic mass is 10.1. The highest BCUT2D eigenvalue weighted by Gasteiger charge is 2.21. The van der Waals surface area contributed by atoms with Crippen molar-refractivity contribution in [2.24, 2.45) is 0 Å². The van der Waals surface area contributed by atoms with Gasteiger partial charge in [-0.25, -0.2) is 18.0 Å². The Morgan fingerprint density at radius 3 is 2.61 bits per heavy atom. The number of hydrogen-bond acceptors (Lipinski definition) is 4. The summed E-state index contributed by atoms with van der Waals surface area (Å²) in [5.41, 5.74) is 1.90. The average molecular weight is 393 g/mol. The van der Waals surface area contributed by atoms with Crippen molar-refractivity contribution in [3.63, 3.8) is 0 Å². The number of carbonyl (C=O) groups is 2. The van der Waals surface area contributed by atoms with E-state index in [0.717, 1.165) is 25.3 Å². The molecule has 8 heteroatoms. The van der Waals surface area contributed by atoms with Crippen molar-refractivity contribution >= 4 is 17.6 Å². The number of rotatable bonds is 6. The van der Waals surface area contributed by atoms with Crippen LogP contribution in [0, 0.1) is 17.5 Å². The van der Waals surface area contributed by atoms with Crippen LogP contribution >= 0.6 is 0 Å². The molecule has 0 spiro atoms. The van der Waals surface area contributed by atoms with E-state index in [1.807, 2.05) is 17.4 Å². The Bertz CT molecular complexity index is 917. The van der Waals surface area contributed by atoms with E-state index < -0.39 is 47.7 Å². The van der Waals surface area contributed by atoms with Crippen LogP contribution in [0.2, 0.25) is 0 Å². The van der Waals surface area contributed by atoms with Crippen LogP contribution in [0.15, 0.2) is 30.3 Å². The third kappa shape index (κ3) is 4.44. The van der Waals surface area contributed by atoms with Gasteiger partial charge in [-0.15, -0.1) is 0 Å². The van der Waals surface area contributed by atoms with Crippen molar-refractivity contribution < 1.29 is 32.2 Å². The summed E-state index contributed by atoms with van der Waals surface area (Å²) in [6, 6.07) is 7.14. The van der Waals surface area contributed by atoms with Crippen LogP contribution in [0.3, 0.4) is 0 Å². The van der Waals surface area contributed by atoms with Gasteiger partial charge in [0.2, 0.25) is 0 Å². The number of amides is 1. The third-order valence-corrected chi connectivity index (χ3v) is 4.40. The fourth-order valence-corrected chi connectivity index (χ4v) is 2.92. The zero-order chi connectivity index (χ0) is 20.3. The highest BCUT2D eigenvalue weighted by Crippen LogP contribution is 2.26. The van der Waals surface area contributed by atoms with E-state index in [0.29, 0.717) is 11.8 Å². The number of hydrogen-bond donors (Lipinski definition) is 1. The largest absolute Gasteiger partial charge is 0.482 e. The van der Waals surface area contributed by atoms with Gasteiger partial charge in [0.05, 0.1) is 5.69 Å². The molecule has 2 aromatic rings. The lowest BCUT2D eigenvalue weighted by Crippen LogP contribution is -2.32. The first-order valence-corrected chi connectivity index (χ1v) is 8.73. The smallest absolute Gasteiger partial charge is 0.344 e. The van der Waals surface area contributed by atoms with E-state index in [1.54, 1.807) is 6.07 Å². The zero-order valence-electron chi connectivity index (χ0n) is 15.1. The molecule has 0 fully saturated rings. The highest BCUT2D eigenvalue weighted by atomic mass is 19.2. The van der Waals surface area contributed by atoms with Crippen LogP contribution in [0.5, 0.6) is 5.75 Å². The zero-order valence-corrected chi connectivity index (χ0v) is 15.1. The van der Waals surface area contributed by atoms with Gasteiger partial charge in [-0.05, 0) is 61.6 Å².